The summed E-state index contributed by atoms with van der Waals surface area (Å²) in [5.41, 5.74) is 2.75. The standard InChI is InChI=1S/C23H29ClN4O2/c1-16-7-10-18(21(13-16)30-15-17-8-9-17)14-28-23(25-2)27-12-11-26-22(29)19-5-3-4-6-20(19)24/h3-7,10,13,17H,8-9,11-12,14-15H2,1-2H3,(H,26,29)(H2,25,27,28). The Morgan fingerprint density at radius 3 is 2.63 bits per heavy atom. The van der Waals surface area contributed by atoms with E-state index >= 15 is 0 Å². The van der Waals surface area contributed by atoms with E-state index in [0.29, 0.717) is 42.1 Å². The summed E-state index contributed by atoms with van der Waals surface area (Å²) in [4.78, 5) is 16.4. The van der Waals surface area contributed by atoms with Crippen molar-refractivity contribution in [2.24, 2.45) is 10.9 Å². The van der Waals surface area contributed by atoms with Crippen LogP contribution in [0.25, 0.3) is 0 Å². The predicted octanol–water partition coefficient (Wildman–Crippen LogP) is 3.53. The van der Waals surface area contributed by atoms with Gasteiger partial charge in [0.15, 0.2) is 5.96 Å². The second-order valence-electron chi connectivity index (χ2n) is 7.45. The zero-order valence-electron chi connectivity index (χ0n) is 17.5. The zero-order chi connectivity index (χ0) is 21.3. The molecule has 0 saturated heterocycles. The zero-order valence-corrected chi connectivity index (χ0v) is 18.3. The molecule has 2 aromatic carbocycles. The Bertz CT molecular complexity index is 897. The maximum Gasteiger partial charge on any atom is 0.252 e. The van der Waals surface area contributed by atoms with Gasteiger partial charge in [0.05, 0.1) is 17.2 Å². The number of nitrogens with one attached hydrogen (secondary N) is 3. The maximum absolute atomic E-state index is 12.2. The van der Waals surface area contributed by atoms with E-state index in [0.717, 1.165) is 17.9 Å². The van der Waals surface area contributed by atoms with Crippen LogP contribution in [0.15, 0.2) is 47.5 Å². The Hall–Kier alpha value is -2.73. The lowest BCUT2D eigenvalue weighted by molar-refractivity contribution is 0.0954. The summed E-state index contributed by atoms with van der Waals surface area (Å²) in [6, 6.07) is 13.2. The second kappa shape index (κ2) is 10.9. The van der Waals surface area contributed by atoms with Crippen LogP contribution in [0.3, 0.4) is 0 Å². The highest BCUT2D eigenvalue weighted by atomic mass is 35.5. The molecule has 0 aliphatic heterocycles. The van der Waals surface area contributed by atoms with Crippen molar-refractivity contribution in [3.05, 3.63) is 64.2 Å². The number of carbonyl (C=O) groups is 1. The third-order valence-corrected chi connectivity index (χ3v) is 5.22. The molecule has 6 nitrogen and oxygen atoms in total. The van der Waals surface area contributed by atoms with Crippen LogP contribution in [0.5, 0.6) is 5.75 Å². The summed E-state index contributed by atoms with van der Waals surface area (Å²) in [6.07, 6.45) is 2.53. The van der Waals surface area contributed by atoms with Crippen molar-refractivity contribution in [1.29, 1.82) is 0 Å². The molecule has 1 fully saturated rings. The van der Waals surface area contributed by atoms with Gasteiger partial charge < -0.3 is 20.7 Å². The monoisotopic (exact) mass is 428 g/mol. The Morgan fingerprint density at radius 2 is 1.90 bits per heavy atom. The van der Waals surface area contributed by atoms with Gasteiger partial charge in [-0.05, 0) is 49.4 Å². The number of guanidine groups is 1. The van der Waals surface area contributed by atoms with Gasteiger partial charge in [0.1, 0.15) is 5.75 Å². The Morgan fingerprint density at radius 1 is 1.13 bits per heavy atom. The number of halogens is 1. The van der Waals surface area contributed by atoms with Gasteiger partial charge in [0, 0.05) is 32.2 Å². The summed E-state index contributed by atoms with van der Waals surface area (Å²) >= 11 is 6.05. The molecular weight excluding hydrogens is 400 g/mol. The van der Waals surface area contributed by atoms with Crippen LogP contribution >= 0.6 is 11.6 Å². The Kier molecular flexibility index (Phi) is 7.97. The molecule has 3 N–H and O–H groups in total. The summed E-state index contributed by atoms with van der Waals surface area (Å²) in [6.45, 7) is 4.44. The number of carbonyl (C=O) groups excluding carboxylic acids is 1. The minimum absolute atomic E-state index is 0.192. The molecule has 1 aliphatic rings. The molecule has 30 heavy (non-hydrogen) atoms. The molecule has 0 radical (unpaired) electrons. The number of aliphatic imine (C=N–C) groups is 1. The topological polar surface area (TPSA) is 74.8 Å². The first kappa shape index (κ1) is 22.0. The van der Waals surface area contributed by atoms with E-state index < -0.39 is 0 Å². The van der Waals surface area contributed by atoms with E-state index in [4.69, 9.17) is 16.3 Å². The maximum atomic E-state index is 12.2. The highest BCUT2D eigenvalue weighted by molar-refractivity contribution is 6.33. The third kappa shape index (κ3) is 6.66. The van der Waals surface area contributed by atoms with Crippen LogP contribution in [0, 0.1) is 12.8 Å². The number of rotatable bonds is 9. The van der Waals surface area contributed by atoms with E-state index in [9.17, 15) is 4.79 Å². The van der Waals surface area contributed by atoms with Gasteiger partial charge in [-0.25, -0.2) is 0 Å². The molecule has 0 unspecified atom stereocenters. The highest BCUT2D eigenvalue weighted by Gasteiger charge is 2.22. The first-order valence-corrected chi connectivity index (χ1v) is 10.6. The van der Waals surface area contributed by atoms with Crippen LogP contribution in [0.2, 0.25) is 5.02 Å². The average molecular weight is 429 g/mol. The van der Waals surface area contributed by atoms with E-state index in [1.54, 1.807) is 31.3 Å². The molecule has 1 aliphatic carbocycles. The van der Waals surface area contributed by atoms with Crippen molar-refractivity contribution in [1.82, 2.24) is 16.0 Å². The molecule has 1 amide bonds. The fraction of sp³-hybridized carbons (Fsp3) is 0.391. The predicted molar refractivity (Wildman–Crippen MR) is 121 cm³/mol. The molecule has 3 rings (SSSR count). The lowest BCUT2D eigenvalue weighted by Crippen LogP contribution is -2.41. The fourth-order valence-electron chi connectivity index (χ4n) is 2.93. The summed E-state index contributed by atoms with van der Waals surface area (Å²) < 4.78 is 6.03. The first-order valence-electron chi connectivity index (χ1n) is 10.3. The van der Waals surface area contributed by atoms with Gasteiger partial charge in [-0.3, -0.25) is 9.79 Å². The first-order chi connectivity index (χ1) is 14.6. The molecule has 0 bridgehead atoms. The molecule has 0 aromatic heterocycles. The minimum Gasteiger partial charge on any atom is -0.493 e. The van der Waals surface area contributed by atoms with Crippen molar-refractivity contribution in [2.45, 2.75) is 26.3 Å². The van der Waals surface area contributed by atoms with Gasteiger partial charge in [0.2, 0.25) is 0 Å². The van der Waals surface area contributed by atoms with Crippen LogP contribution in [-0.2, 0) is 6.54 Å². The van der Waals surface area contributed by atoms with Gasteiger partial charge in [-0.1, -0.05) is 35.9 Å². The lowest BCUT2D eigenvalue weighted by Gasteiger charge is -2.15. The third-order valence-electron chi connectivity index (χ3n) is 4.89. The number of aryl methyl sites for hydroxylation is 1. The number of benzene rings is 2. The van der Waals surface area contributed by atoms with E-state index in [1.165, 1.54) is 18.4 Å². The molecule has 160 valence electrons. The normalized spacial score (nSPS) is 13.6. The van der Waals surface area contributed by atoms with Crippen molar-refractivity contribution in [3.8, 4) is 5.75 Å². The molecule has 0 heterocycles. The molecule has 2 aromatic rings. The smallest absolute Gasteiger partial charge is 0.252 e. The molecule has 1 saturated carbocycles. The molecule has 0 atom stereocenters. The number of hydrogen-bond acceptors (Lipinski definition) is 3. The van der Waals surface area contributed by atoms with Crippen LogP contribution in [0.1, 0.15) is 34.3 Å². The van der Waals surface area contributed by atoms with Gasteiger partial charge in [-0.15, -0.1) is 0 Å². The summed E-state index contributed by atoms with van der Waals surface area (Å²) in [7, 11) is 1.72. The fourth-order valence-corrected chi connectivity index (χ4v) is 3.15. The average Bonchev–Trinajstić information content (AvgIpc) is 3.57. The van der Waals surface area contributed by atoms with Gasteiger partial charge in [0.25, 0.3) is 5.91 Å². The molecule has 0 spiro atoms. The van der Waals surface area contributed by atoms with Crippen molar-refractivity contribution < 1.29 is 9.53 Å². The largest absolute Gasteiger partial charge is 0.493 e. The lowest BCUT2D eigenvalue weighted by atomic mass is 10.1. The van der Waals surface area contributed by atoms with Gasteiger partial charge >= 0.3 is 0 Å². The molecular formula is C23H29ClN4O2. The summed E-state index contributed by atoms with van der Waals surface area (Å²) in [5, 5.41) is 9.80. The van der Waals surface area contributed by atoms with Crippen LogP contribution in [-0.4, -0.2) is 38.6 Å². The highest BCUT2D eigenvalue weighted by Crippen LogP contribution is 2.30. The quantitative estimate of drug-likeness (QED) is 0.324. The number of nitrogens with zero attached hydrogens (tertiary/aromatic N) is 1. The van der Waals surface area contributed by atoms with Crippen molar-refractivity contribution in [3.63, 3.8) is 0 Å². The van der Waals surface area contributed by atoms with E-state index in [-0.39, 0.29) is 5.91 Å². The van der Waals surface area contributed by atoms with Crippen LogP contribution < -0.4 is 20.7 Å². The van der Waals surface area contributed by atoms with Crippen molar-refractivity contribution in [2.75, 3.05) is 26.7 Å². The number of ether oxygens (including phenoxy) is 1. The van der Waals surface area contributed by atoms with E-state index in [2.05, 4.69) is 46.1 Å². The van der Waals surface area contributed by atoms with Crippen molar-refractivity contribution >= 4 is 23.5 Å². The Labute approximate surface area is 183 Å². The second-order valence-corrected chi connectivity index (χ2v) is 7.86. The number of amides is 1. The molecule has 7 heteroatoms. The summed E-state index contributed by atoms with van der Waals surface area (Å²) in [5.74, 6) is 2.11. The minimum atomic E-state index is -0.192. The Balaban J connectivity index is 1.43. The van der Waals surface area contributed by atoms with E-state index in [1.807, 2.05) is 0 Å². The van der Waals surface area contributed by atoms with Crippen LogP contribution in [0.4, 0.5) is 0 Å². The van der Waals surface area contributed by atoms with Gasteiger partial charge in [-0.2, -0.15) is 0 Å². The SMILES string of the molecule is CN=C(NCCNC(=O)c1ccccc1Cl)NCc1ccc(C)cc1OCC1CC1. The number of hydrogen-bond donors (Lipinski definition) is 3.